The largest absolute Gasteiger partial charge is 0.486 e. The van der Waals surface area contributed by atoms with Crippen molar-refractivity contribution in [2.75, 3.05) is 26.3 Å². The molecule has 1 unspecified atom stereocenters. The van der Waals surface area contributed by atoms with Gasteiger partial charge in [-0.1, -0.05) is 18.9 Å². The van der Waals surface area contributed by atoms with Crippen LogP contribution in [0.4, 0.5) is 0 Å². The molecule has 3 aliphatic rings. The van der Waals surface area contributed by atoms with Crippen LogP contribution in [0.2, 0.25) is 0 Å². The smallest absolute Gasteiger partial charge is 0.237 e. The van der Waals surface area contributed by atoms with E-state index in [0.29, 0.717) is 19.8 Å². The molecule has 2 fully saturated rings. The van der Waals surface area contributed by atoms with Crippen molar-refractivity contribution >= 4 is 18.3 Å². The molecule has 0 aromatic heterocycles. The van der Waals surface area contributed by atoms with Crippen LogP contribution in [0, 0.1) is 0 Å². The molecular weight excluding hydrogens is 340 g/mol. The van der Waals surface area contributed by atoms with E-state index >= 15 is 0 Å². The highest BCUT2D eigenvalue weighted by atomic mass is 35.5. The van der Waals surface area contributed by atoms with Crippen LogP contribution in [0.5, 0.6) is 11.5 Å². The molecule has 1 amide bonds. The molecule has 25 heavy (non-hydrogen) atoms. The second-order valence-corrected chi connectivity index (χ2v) is 7.21. The molecule has 0 bridgehead atoms. The van der Waals surface area contributed by atoms with Crippen molar-refractivity contribution in [2.24, 2.45) is 0 Å². The van der Waals surface area contributed by atoms with Crippen molar-refractivity contribution in [1.82, 2.24) is 10.6 Å². The fraction of sp³-hybridized carbons (Fsp3) is 0.632. The van der Waals surface area contributed by atoms with Crippen LogP contribution in [0.3, 0.4) is 0 Å². The summed E-state index contributed by atoms with van der Waals surface area (Å²) in [6, 6.07) is 6.28. The van der Waals surface area contributed by atoms with Gasteiger partial charge in [0.2, 0.25) is 5.91 Å². The number of benzene rings is 1. The van der Waals surface area contributed by atoms with Crippen LogP contribution in [0.15, 0.2) is 18.2 Å². The molecule has 6 heteroatoms. The highest BCUT2D eigenvalue weighted by molar-refractivity contribution is 5.85. The Balaban J connectivity index is 0.00000182. The van der Waals surface area contributed by atoms with Crippen LogP contribution in [-0.4, -0.2) is 38.3 Å². The van der Waals surface area contributed by atoms with E-state index in [1.54, 1.807) is 0 Å². The first kappa shape index (κ1) is 18.3. The minimum Gasteiger partial charge on any atom is -0.486 e. The predicted octanol–water partition coefficient (Wildman–Crippen LogP) is 2.56. The van der Waals surface area contributed by atoms with Gasteiger partial charge in [-0.05, 0) is 49.9 Å². The molecule has 1 aliphatic carbocycles. The molecule has 2 N–H and O–H groups in total. The van der Waals surface area contributed by atoms with Gasteiger partial charge in [0.25, 0.3) is 0 Å². The minimum atomic E-state index is -0.0104. The number of fused-ring (bicyclic) bond motifs is 1. The quantitative estimate of drug-likeness (QED) is 0.859. The number of carbonyl (C=O) groups is 1. The maximum absolute atomic E-state index is 12.4. The van der Waals surface area contributed by atoms with E-state index in [1.165, 1.54) is 18.4 Å². The summed E-state index contributed by atoms with van der Waals surface area (Å²) in [4.78, 5) is 12.4. The lowest BCUT2D eigenvalue weighted by Gasteiger charge is -2.31. The zero-order chi connectivity index (χ0) is 16.4. The van der Waals surface area contributed by atoms with Gasteiger partial charge in [0.1, 0.15) is 13.2 Å². The van der Waals surface area contributed by atoms with Crippen molar-refractivity contribution in [1.29, 1.82) is 0 Å². The fourth-order valence-corrected chi connectivity index (χ4v) is 4.28. The molecule has 1 saturated heterocycles. The molecule has 0 radical (unpaired) electrons. The first-order chi connectivity index (χ1) is 11.8. The lowest BCUT2D eigenvalue weighted by atomic mass is 9.78. The number of halogens is 1. The molecule has 2 heterocycles. The first-order valence-corrected chi connectivity index (χ1v) is 9.18. The van der Waals surface area contributed by atoms with Gasteiger partial charge in [0, 0.05) is 12.0 Å². The van der Waals surface area contributed by atoms with Crippen LogP contribution < -0.4 is 20.1 Å². The summed E-state index contributed by atoms with van der Waals surface area (Å²) < 4.78 is 11.4. The van der Waals surface area contributed by atoms with E-state index in [-0.39, 0.29) is 29.8 Å². The summed E-state index contributed by atoms with van der Waals surface area (Å²) in [6.45, 7) is 2.88. The van der Waals surface area contributed by atoms with Crippen molar-refractivity contribution in [3.63, 3.8) is 0 Å². The number of rotatable bonds is 4. The van der Waals surface area contributed by atoms with Gasteiger partial charge in [-0.2, -0.15) is 0 Å². The third-order valence-electron chi connectivity index (χ3n) is 5.69. The molecule has 1 aromatic carbocycles. The van der Waals surface area contributed by atoms with Crippen molar-refractivity contribution < 1.29 is 14.3 Å². The molecule has 1 saturated carbocycles. The Morgan fingerprint density at radius 2 is 1.92 bits per heavy atom. The van der Waals surface area contributed by atoms with Gasteiger partial charge >= 0.3 is 0 Å². The molecule has 2 aliphatic heterocycles. The van der Waals surface area contributed by atoms with Crippen LogP contribution >= 0.6 is 12.4 Å². The Morgan fingerprint density at radius 1 is 1.16 bits per heavy atom. The second-order valence-electron chi connectivity index (χ2n) is 7.21. The van der Waals surface area contributed by atoms with Gasteiger partial charge in [-0.15, -0.1) is 12.4 Å². The predicted molar refractivity (Wildman–Crippen MR) is 98.9 cm³/mol. The number of hydrogen-bond acceptors (Lipinski definition) is 4. The Labute approximate surface area is 155 Å². The molecule has 0 spiro atoms. The first-order valence-electron chi connectivity index (χ1n) is 9.18. The average Bonchev–Trinajstić information content (AvgIpc) is 3.32. The Kier molecular flexibility index (Phi) is 5.74. The SMILES string of the molecule is Cl.O=C(NCC1(c2ccc3c(c2)OCCO3)CCCC1)C1CCCN1. The van der Waals surface area contributed by atoms with E-state index < -0.39 is 0 Å². The summed E-state index contributed by atoms with van der Waals surface area (Å²) >= 11 is 0. The third-order valence-corrected chi connectivity index (χ3v) is 5.69. The van der Waals surface area contributed by atoms with Gasteiger partial charge in [-0.25, -0.2) is 0 Å². The number of carbonyl (C=O) groups excluding carboxylic acids is 1. The molecule has 138 valence electrons. The summed E-state index contributed by atoms with van der Waals surface area (Å²) in [5, 5.41) is 6.49. The van der Waals surface area contributed by atoms with Gasteiger partial charge in [0.15, 0.2) is 11.5 Å². The van der Waals surface area contributed by atoms with Crippen LogP contribution in [-0.2, 0) is 10.2 Å². The summed E-state index contributed by atoms with van der Waals surface area (Å²) in [7, 11) is 0. The lowest BCUT2D eigenvalue weighted by Crippen LogP contribution is -2.46. The van der Waals surface area contributed by atoms with Crippen molar-refractivity contribution in [3.05, 3.63) is 23.8 Å². The summed E-state index contributed by atoms with van der Waals surface area (Å²) in [5.74, 6) is 1.82. The summed E-state index contributed by atoms with van der Waals surface area (Å²) in [5.41, 5.74) is 1.30. The molecule has 1 atom stereocenters. The average molecular weight is 367 g/mol. The number of hydrogen-bond donors (Lipinski definition) is 2. The Morgan fingerprint density at radius 3 is 2.64 bits per heavy atom. The van der Waals surface area contributed by atoms with E-state index in [4.69, 9.17) is 9.47 Å². The molecule has 4 rings (SSSR count). The van der Waals surface area contributed by atoms with Crippen LogP contribution in [0.1, 0.15) is 44.1 Å². The van der Waals surface area contributed by atoms with E-state index in [0.717, 1.165) is 43.7 Å². The molecule has 5 nitrogen and oxygen atoms in total. The topological polar surface area (TPSA) is 59.6 Å². The standard InChI is InChI=1S/C19H26N2O3.ClH/c22-18(15-4-3-9-20-15)21-13-19(7-1-2-8-19)14-5-6-16-17(12-14)24-11-10-23-16;/h5-6,12,15,20H,1-4,7-11,13H2,(H,21,22);1H. The minimum absolute atomic E-state index is 0. The number of amides is 1. The second kappa shape index (κ2) is 7.83. The van der Waals surface area contributed by atoms with Crippen molar-refractivity contribution in [3.8, 4) is 11.5 Å². The highest BCUT2D eigenvalue weighted by Gasteiger charge is 2.37. The van der Waals surface area contributed by atoms with E-state index in [2.05, 4.69) is 22.8 Å². The lowest BCUT2D eigenvalue weighted by molar-refractivity contribution is -0.123. The number of ether oxygens (including phenoxy) is 2. The monoisotopic (exact) mass is 366 g/mol. The zero-order valence-corrected chi connectivity index (χ0v) is 15.3. The maximum atomic E-state index is 12.4. The maximum Gasteiger partial charge on any atom is 0.237 e. The fourth-order valence-electron chi connectivity index (χ4n) is 4.28. The normalized spacial score (nSPS) is 23.8. The number of nitrogens with one attached hydrogen (secondary N) is 2. The zero-order valence-electron chi connectivity index (χ0n) is 14.5. The van der Waals surface area contributed by atoms with Gasteiger partial charge in [0.05, 0.1) is 6.04 Å². The van der Waals surface area contributed by atoms with E-state index in [1.807, 2.05) is 6.07 Å². The van der Waals surface area contributed by atoms with Crippen LogP contribution in [0.25, 0.3) is 0 Å². The van der Waals surface area contributed by atoms with Gasteiger partial charge < -0.3 is 20.1 Å². The van der Waals surface area contributed by atoms with Crippen molar-refractivity contribution in [2.45, 2.75) is 50.0 Å². The molecular formula is C19H27ClN2O3. The molecule has 1 aromatic rings. The Bertz CT molecular complexity index is 611. The highest BCUT2D eigenvalue weighted by Crippen LogP contribution is 2.43. The summed E-state index contributed by atoms with van der Waals surface area (Å²) in [6.07, 6.45) is 6.70. The Hall–Kier alpha value is -1.46. The third kappa shape index (κ3) is 3.72. The van der Waals surface area contributed by atoms with Gasteiger partial charge in [-0.3, -0.25) is 4.79 Å². The van der Waals surface area contributed by atoms with E-state index in [9.17, 15) is 4.79 Å².